The lowest BCUT2D eigenvalue weighted by Crippen LogP contribution is -2.61. The summed E-state index contributed by atoms with van der Waals surface area (Å²) in [6.07, 6.45) is 4.69. The first-order valence-electron chi connectivity index (χ1n) is 9.81. The lowest BCUT2D eigenvalue weighted by atomic mass is 10.0. The molecule has 3 amide bonds. The zero-order valence-corrected chi connectivity index (χ0v) is 16.7. The normalized spacial score (nSPS) is 27.5. The van der Waals surface area contributed by atoms with Gasteiger partial charge < -0.3 is 0 Å². The number of aliphatic imine (C=N–C) groups is 1. The molecule has 3 aliphatic heterocycles. The van der Waals surface area contributed by atoms with E-state index in [-0.39, 0.29) is 11.9 Å². The average molecular weight is 362 g/mol. The number of likely N-dealkylation sites (tertiary alicyclic amines) is 1. The second-order valence-corrected chi connectivity index (χ2v) is 8.22. The number of hydrogen-bond acceptors (Lipinski definition) is 4. The van der Waals surface area contributed by atoms with E-state index in [1.54, 1.807) is 14.1 Å². The number of piperidine rings is 1. The lowest BCUT2D eigenvalue weighted by Gasteiger charge is -2.32. The van der Waals surface area contributed by atoms with Crippen molar-refractivity contribution < 1.29 is 14.2 Å². The molecule has 0 saturated carbocycles. The third-order valence-electron chi connectivity index (χ3n) is 5.85. The predicted octanol–water partition coefficient (Wildman–Crippen LogP) is 1.62. The molecule has 0 spiro atoms. The van der Waals surface area contributed by atoms with Crippen molar-refractivity contribution in [3.05, 3.63) is 0 Å². The molecule has 0 bridgehead atoms. The molecule has 0 aromatic heterocycles. The summed E-state index contributed by atoms with van der Waals surface area (Å²) in [7, 11) is 3.27. The minimum atomic E-state index is -0.462. The van der Waals surface area contributed by atoms with Crippen LogP contribution in [-0.2, 0) is 4.79 Å². The third kappa shape index (κ3) is 3.41. The summed E-state index contributed by atoms with van der Waals surface area (Å²) >= 11 is 0. The molecule has 2 atom stereocenters. The van der Waals surface area contributed by atoms with E-state index in [2.05, 4.69) is 30.2 Å². The van der Waals surface area contributed by atoms with Gasteiger partial charge in [0.2, 0.25) is 0 Å². The van der Waals surface area contributed by atoms with Gasteiger partial charge in [0.15, 0.2) is 0 Å². The van der Waals surface area contributed by atoms with Gasteiger partial charge in [0, 0.05) is 20.1 Å². The molecule has 2 unspecified atom stereocenters. The molecule has 3 rings (SSSR count). The Bertz CT molecular complexity index is 654. The number of fused-ring (bicyclic) bond motifs is 1. The smallest absolute Gasteiger partial charge is 0.289 e. The Kier molecular flexibility index (Phi) is 5.46. The number of carbonyl (C=O) groups excluding carboxylic acids is 2. The number of likely N-dealkylation sites (N-methyl/N-ethyl adjacent to an activating group) is 2. The average Bonchev–Trinajstić information content (AvgIpc) is 2.96. The van der Waals surface area contributed by atoms with Gasteiger partial charge in [0.25, 0.3) is 17.8 Å². The van der Waals surface area contributed by atoms with Crippen molar-refractivity contribution in [1.82, 2.24) is 14.7 Å². The first-order chi connectivity index (χ1) is 12.3. The molecule has 2 fully saturated rings. The lowest BCUT2D eigenvalue weighted by molar-refractivity contribution is -0.537. The first-order valence-corrected chi connectivity index (χ1v) is 9.81. The molecule has 144 valence electrons. The minimum Gasteiger partial charge on any atom is -0.289 e. The van der Waals surface area contributed by atoms with E-state index < -0.39 is 6.04 Å². The molecule has 0 radical (unpaired) electrons. The number of carbonyl (C=O) groups is 2. The Balaban J connectivity index is 1.92. The zero-order chi connectivity index (χ0) is 19.0. The molecule has 2 saturated heterocycles. The molecular formula is C19H32N5O2+. The number of imide groups is 1. The molecular weight excluding hydrogens is 330 g/mol. The standard InChI is InChI=1S/C19H32N5O2/c1-13(2)9-11-24-15(12-23-10-7-6-8-14(23)3)20-17-16(24)18(25)22(5)19(26)21(17)4/h13-14,16H,6-12H2,1-5H3/q+1. The van der Waals surface area contributed by atoms with E-state index in [0.717, 1.165) is 31.9 Å². The van der Waals surface area contributed by atoms with Gasteiger partial charge in [-0.05, 0) is 43.6 Å². The fourth-order valence-electron chi connectivity index (χ4n) is 4.00. The van der Waals surface area contributed by atoms with Crippen molar-refractivity contribution >= 4 is 23.6 Å². The molecule has 3 aliphatic rings. The number of hydrogen-bond donors (Lipinski definition) is 0. The molecule has 0 N–H and O–H groups in total. The molecule has 26 heavy (non-hydrogen) atoms. The van der Waals surface area contributed by atoms with Crippen LogP contribution >= 0.6 is 0 Å². The summed E-state index contributed by atoms with van der Waals surface area (Å²) in [5.74, 6) is 1.89. The van der Waals surface area contributed by atoms with Crippen LogP contribution in [0, 0.1) is 5.92 Å². The summed E-state index contributed by atoms with van der Waals surface area (Å²) in [6.45, 7) is 9.25. The van der Waals surface area contributed by atoms with Crippen LogP contribution in [0.25, 0.3) is 0 Å². The van der Waals surface area contributed by atoms with Crippen LogP contribution in [0.3, 0.4) is 0 Å². The maximum absolute atomic E-state index is 12.8. The maximum Gasteiger partial charge on any atom is 0.333 e. The molecule has 0 aromatic rings. The van der Waals surface area contributed by atoms with Crippen LogP contribution in [-0.4, -0.2) is 88.7 Å². The number of amidine groups is 2. The highest BCUT2D eigenvalue weighted by atomic mass is 16.2. The highest BCUT2D eigenvalue weighted by molar-refractivity contribution is 6.23. The van der Waals surface area contributed by atoms with Crippen LogP contribution in [0.15, 0.2) is 4.99 Å². The Hall–Kier alpha value is -1.76. The van der Waals surface area contributed by atoms with E-state index in [1.807, 2.05) is 0 Å². The highest BCUT2D eigenvalue weighted by Gasteiger charge is 2.53. The fourth-order valence-corrected chi connectivity index (χ4v) is 4.00. The van der Waals surface area contributed by atoms with E-state index in [9.17, 15) is 9.59 Å². The van der Waals surface area contributed by atoms with Gasteiger partial charge in [0.05, 0.1) is 6.54 Å². The Morgan fingerprint density at radius 1 is 1.19 bits per heavy atom. The van der Waals surface area contributed by atoms with Gasteiger partial charge in [-0.15, -0.1) is 0 Å². The fraction of sp³-hybridized carbons (Fsp3) is 0.789. The number of rotatable bonds is 5. The molecule has 3 heterocycles. The predicted molar refractivity (Wildman–Crippen MR) is 102 cm³/mol. The Labute approximate surface area is 156 Å². The van der Waals surface area contributed by atoms with E-state index in [1.165, 1.54) is 29.1 Å². The van der Waals surface area contributed by atoms with Gasteiger partial charge in [0.1, 0.15) is 6.54 Å². The maximum atomic E-state index is 12.8. The van der Waals surface area contributed by atoms with E-state index in [0.29, 0.717) is 17.8 Å². The van der Waals surface area contributed by atoms with Crippen molar-refractivity contribution in [2.45, 2.75) is 58.5 Å². The quantitative estimate of drug-likeness (QED) is 0.699. The zero-order valence-electron chi connectivity index (χ0n) is 16.7. The SMILES string of the molecule is CC(C)CC[N+]1=C(CN2CCCCC2C)N=C2C1C(=O)N(C)C(=O)N2C. The second kappa shape index (κ2) is 7.47. The topological polar surface area (TPSA) is 59.2 Å². The molecule has 7 heteroatoms. The van der Waals surface area contributed by atoms with Crippen molar-refractivity contribution in [3.8, 4) is 0 Å². The van der Waals surface area contributed by atoms with Gasteiger partial charge in [-0.2, -0.15) is 0 Å². The Morgan fingerprint density at radius 2 is 1.92 bits per heavy atom. The summed E-state index contributed by atoms with van der Waals surface area (Å²) in [4.78, 5) is 35.2. The van der Waals surface area contributed by atoms with Crippen molar-refractivity contribution in [3.63, 3.8) is 0 Å². The van der Waals surface area contributed by atoms with Gasteiger partial charge in [-0.1, -0.05) is 20.3 Å². The van der Waals surface area contributed by atoms with Crippen LogP contribution < -0.4 is 0 Å². The molecule has 0 aliphatic carbocycles. The second-order valence-electron chi connectivity index (χ2n) is 8.22. The van der Waals surface area contributed by atoms with Gasteiger partial charge in [-0.3, -0.25) is 19.5 Å². The van der Waals surface area contributed by atoms with Gasteiger partial charge in [-0.25, -0.2) is 9.37 Å². The van der Waals surface area contributed by atoms with E-state index in [4.69, 9.17) is 4.99 Å². The van der Waals surface area contributed by atoms with E-state index >= 15 is 0 Å². The van der Waals surface area contributed by atoms with Crippen LogP contribution in [0.4, 0.5) is 4.79 Å². The number of urea groups is 1. The van der Waals surface area contributed by atoms with Crippen molar-refractivity contribution in [1.29, 1.82) is 0 Å². The van der Waals surface area contributed by atoms with Gasteiger partial charge >= 0.3 is 11.9 Å². The number of nitrogens with zero attached hydrogens (tertiary/aromatic N) is 5. The summed E-state index contributed by atoms with van der Waals surface area (Å²) in [5, 5.41) is 0. The summed E-state index contributed by atoms with van der Waals surface area (Å²) in [6, 6.07) is -0.235. The summed E-state index contributed by atoms with van der Waals surface area (Å²) < 4.78 is 2.14. The first kappa shape index (κ1) is 19.0. The van der Waals surface area contributed by atoms with Crippen LogP contribution in [0.5, 0.6) is 0 Å². The molecule has 7 nitrogen and oxygen atoms in total. The Morgan fingerprint density at radius 3 is 2.58 bits per heavy atom. The van der Waals surface area contributed by atoms with Crippen LogP contribution in [0.2, 0.25) is 0 Å². The monoisotopic (exact) mass is 362 g/mol. The minimum absolute atomic E-state index is 0.169. The highest BCUT2D eigenvalue weighted by Crippen LogP contribution is 2.22. The molecule has 0 aromatic carbocycles. The van der Waals surface area contributed by atoms with Crippen molar-refractivity contribution in [2.75, 3.05) is 33.7 Å². The van der Waals surface area contributed by atoms with Crippen LogP contribution in [0.1, 0.15) is 46.5 Å². The van der Waals surface area contributed by atoms with Crippen molar-refractivity contribution in [2.24, 2.45) is 10.9 Å². The third-order valence-corrected chi connectivity index (χ3v) is 5.85. The largest absolute Gasteiger partial charge is 0.333 e. The number of amides is 3. The summed E-state index contributed by atoms with van der Waals surface area (Å²) in [5.41, 5.74) is 0.